The van der Waals surface area contributed by atoms with E-state index in [4.69, 9.17) is 5.73 Å². The lowest BCUT2D eigenvalue weighted by Gasteiger charge is -2.53. The van der Waals surface area contributed by atoms with Gasteiger partial charge in [0, 0.05) is 32.2 Å². The van der Waals surface area contributed by atoms with Crippen LogP contribution in [0.5, 0.6) is 0 Å². The summed E-state index contributed by atoms with van der Waals surface area (Å²) in [5.74, 6) is -1.11. The molecule has 25 heavy (non-hydrogen) atoms. The van der Waals surface area contributed by atoms with Crippen molar-refractivity contribution in [2.24, 2.45) is 5.73 Å². The molecule has 1 heterocycles. The van der Waals surface area contributed by atoms with Crippen molar-refractivity contribution >= 4 is 17.5 Å². The van der Waals surface area contributed by atoms with Crippen molar-refractivity contribution in [1.82, 2.24) is 4.90 Å². The number of carbonyl (C=O) groups is 2. The molecule has 1 aromatic rings. The Morgan fingerprint density at radius 3 is 2.52 bits per heavy atom. The average Bonchev–Trinajstić information content (AvgIpc) is 2.67. The van der Waals surface area contributed by atoms with Crippen LogP contribution in [0.25, 0.3) is 0 Å². The molecular formula is C16H18F3N3O3. The third-order valence-corrected chi connectivity index (χ3v) is 4.81. The normalized spacial score (nSPS) is 29.3. The quantitative estimate of drug-likeness (QED) is 0.838. The van der Waals surface area contributed by atoms with Crippen LogP contribution in [0.4, 0.5) is 18.9 Å². The van der Waals surface area contributed by atoms with Gasteiger partial charge in [-0.3, -0.25) is 9.59 Å². The molecule has 0 spiro atoms. The fourth-order valence-corrected chi connectivity index (χ4v) is 3.44. The molecule has 1 fully saturated rings. The molecule has 9 heteroatoms. The van der Waals surface area contributed by atoms with E-state index in [9.17, 15) is 22.8 Å². The molecule has 0 saturated heterocycles. The van der Waals surface area contributed by atoms with Crippen LogP contribution in [0.3, 0.4) is 0 Å². The van der Waals surface area contributed by atoms with Crippen molar-refractivity contribution in [3.05, 3.63) is 29.8 Å². The fourth-order valence-electron chi connectivity index (χ4n) is 3.44. The summed E-state index contributed by atoms with van der Waals surface area (Å²) in [6.45, 7) is -0.169. The Labute approximate surface area is 142 Å². The Balaban J connectivity index is 1.81. The van der Waals surface area contributed by atoms with Crippen molar-refractivity contribution in [3.8, 4) is 0 Å². The van der Waals surface area contributed by atoms with Crippen LogP contribution in [0, 0.1) is 0 Å². The maximum absolute atomic E-state index is 13.2. The fraction of sp³-hybridized carbons (Fsp3) is 0.500. The van der Waals surface area contributed by atoms with Gasteiger partial charge >= 0.3 is 6.18 Å². The smallest absolute Gasteiger partial charge is 0.369 e. The summed E-state index contributed by atoms with van der Waals surface area (Å²) in [4.78, 5) is 25.9. The summed E-state index contributed by atoms with van der Waals surface area (Å²) < 4.78 is 44.1. The Hall–Kier alpha value is -2.13. The van der Waals surface area contributed by atoms with Gasteiger partial charge in [-0.25, -0.2) is 0 Å². The predicted octanol–water partition coefficient (Wildman–Crippen LogP) is 1.41. The van der Waals surface area contributed by atoms with Crippen LogP contribution in [0.15, 0.2) is 24.3 Å². The second-order valence-electron chi connectivity index (χ2n) is 6.57. The third kappa shape index (κ3) is 2.87. The predicted molar refractivity (Wildman–Crippen MR) is 82.4 cm³/mol. The second-order valence-corrected chi connectivity index (χ2v) is 6.57. The van der Waals surface area contributed by atoms with E-state index in [1.165, 1.54) is 4.90 Å². The summed E-state index contributed by atoms with van der Waals surface area (Å²) in [5, 5.41) is 2.67. The number of fused-ring (bicyclic) bond motifs is 1. The first-order valence-electron chi connectivity index (χ1n) is 7.68. The number of benzene rings is 1. The van der Waals surface area contributed by atoms with E-state index in [1.54, 1.807) is 24.3 Å². The molecule has 6 nitrogen and oxygen atoms in total. The van der Waals surface area contributed by atoms with E-state index in [1.807, 2.05) is 0 Å². The van der Waals surface area contributed by atoms with Crippen molar-refractivity contribution in [1.29, 1.82) is 0 Å². The number of ether oxygens (including phenoxy) is 1. The van der Waals surface area contributed by atoms with Gasteiger partial charge in [-0.15, -0.1) is 0 Å². The number of nitrogens with one attached hydrogen (secondary N) is 1. The van der Waals surface area contributed by atoms with Crippen molar-refractivity contribution in [2.75, 3.05) is 19.0 Å². The second kappa shape index (κ2) is 5.70. The molecule has 2 aliphatic rings. The Kier molecular flexibility index (Phi) is 4.03. The molecule has 1 saturated carbocycles. The SMILES string of the molecule is COC1(C(F)(F)F)CC(N)(C(=O)N2CC(=O)Nc3ccccc3C2)C1. The zero-order valence-corrected chi connectivity index (χ0v) is 13.5. The van der Waals surface area contributed by atoms with Crippen LogP contribution >= 0.6 is 0 Å². The number of para-hydroxylation sites is 1. The van der Waals surface area contributed by atoms with Crippen molar-refractivity contribution < 1.29 is 27.5 Å². The molecule has 3 rings (SSSR count). The van der Waals surface area contributed by atoms with Crippen LogP contribution < -0.4 is 11.1 Å². The van der Waals surface area contributed by atoms with Gasteiger partial charge in [0.2, 0.25) is 11.8 Å². The molecule has 1 aliphatic carbocycles. The molecule has 0 aromatic heterocycles. The monoisotopic (exact) mass is 357 g/mol. The molecule has 1 aromatic carbocycles. The van der Waals surface area contributed by atoms with E-state index < -0.39 is 42.0 Å². The number of nitrogens with zero attached hydrogens (tertiary/aromatic N) is 1. The number of anilines is 1. The first-order valence-corrected chi connectivity index (χ1v) is 7.68. The lowest BCUT2D eigenvalue weighted by Crippen LogP contribution is -2.74. The van der Waals surface area contributed by atoms with E-state index in [-0.39, 0.29) is 13.1 Å². The highest BCUT2D eigenvalue weighted by Crippen LogP contribution is 2.52. The minimum Gasteiger partial charge on any atom is -0.369 e. The minimum absolute atomic E-state index is 0.0959. The number of amides is 2. The van der Waals surface area contributed by atoms with Gasteiger partial charge in [0.15, 0.2) is 5.60 Å². The maximum Gasteiger partial charge on any atom is 0.417 e. The van der Waals surface area contributed by atoms with Gasteiger partial charge < -0.3 is 20.7 Å². The molecule has 0 unspecified atom stereocenters. The van der Waals surface area contributed by atoms with Crippen LogP contribution in [-0.2, 0) is 20.9 Å². The number of methoxy groups -OCH3 is 1. The zero-order chi connectivity index (χ0) is 18.5. The lowest BCUT2D eigenvalue weighted by atomic mass is 9.64. The molecular weight excluding hydrogens is 339 g/mol. The van der Waals surface area contributed by atoms with Gasteiger partial charge in [-0.2, -0.15) is 13.2 Å². The summed E-state index contributed by atoms with van der Waals surface area (Å²) >= 11 is 0. The minimum atomic E-state index is -4.62. The molecule has 0 bridgehead atoms. The number of hydrogen-bond donors (Lipinski definition) is 2. The highest BCUT2D eigenvalue weighted by Gasteiger charge is 2.70. The molecule has 3 N–H and O–H groups in total. The number of alkyl halides is 3. The number of rotatable bonds is 2. The largest absolute Gasteiger partial charge is 0.417 e. The van der Waals surface area contributed by atoms with Crippen LogP contribution in [0.2, 0.25) is 0 Å². The summed E-state index contributed by atoms with van der Waals surface area (Å²) in [7, 11) is 0.952. The van der Waals surface area contributed by atoms with E-state index in [0.717, 1.165) is 7.11 Å². The maximum atomic E-state index is 13.2. The average molecular weight is 357 g/mol. The van der Waals surface area contributed by atoms with Gasteiger partial charge in [0.1, 0.15) is 12.1 Å². The molecule has 0 radical (unpaired) electrons. The third-order valence-electron chi connectivity index (χ3n) is 4.81. The number of carbonyl (C=O) groups excluding carboxylic acids is 2. The van der Waals surface area contributed by atoms with Gasteiger partial charge in [0.25, 0.3) is 0 Å². The molecule has 2 amide bonds. The highest BCUT2D eigenvalue weighted by molar-refractivity contribution is 5.98. The number of hydrogen-bond acceptors (Lipinski definition) is 4. The zero-order valence-electron chi connectivity index (χ0n) is 13.5. The summed E-state index contributed by atoms with van der Waals surface area (Å²) in [6.07, 6.45) is -5.95. The molecule has 0 atom stereocenters. The number of nitrogens with two attached hydrogens (primary N) is 1. The first-order chi connectivity index (χ1) is 11.6. The molecule has 1 aliphatic heterocycles. The lowest BCUT2D eigenvalue weighted by molar-refractivity contribution is -0.309. The Morgan fingerprint density at radius 2 is 1.92 bits per heavy atom. The summed E-state index contributed by atoms with van der Waals surface area (Å²) in [6, 6.07) is 6.92. The van der Waals surface area contributed by atoms with Crippen LogP contribution in [0.1, 0.15) is 18.4 Å². The highest BCUT2D eigenvalue weighted by atomic mass is 19.4. The van der Waals surface area contributed by atoms with E-state index in [0.29, 0.717) is 11.3 Å². The van der Waals surface area contributed by atoms with E-state index in [2.05, 4.69) is 10.1 Å². The Morgan fingerprint density at radius 1 is 1.28 bits per heavy atom. The van der Waals surface area contributed by atoms with Gasteiger partial charge in [-0.05, 0) is 11.6 Å². The number of halogens is 3. The standard InChI is InChI=1S/C16H18F3N3O3/c1-25-15(16(17,18)19)8-14(20,9-15)13(24)22-6-10-4-2-3-5-11(10)21-12(23)7-22/h2-5H,6-9,20H2,1H3,(H,21,23). The van der Waals surface area contributed by atoms with Gasteiger partial charge in [0.05, 0.1) is 0 Å². The van der Waals surface area contributed by atoms with E-state index >= 15 is 0 Å². The summed E-state index contributed by atoms with van der Waals surface area (Å²) in [5.41, 5.74) is 3.09. The first kappa shape index (κ1) is 17.7. The topological polar surface area (TPSA) is 84.7 Å². The van der Waals surface area contributed by atoms with Gasteiger partial charge in [-0.1, -0.05) is 18.2 Å². The van der Waals surface area contributed by atoms with Crippen molar-refractivity contribution in [2.45, 2.75) is 36.7 Å². The van der Waals surface area contributed by atoms with Crippen LogP contribution in [-0.4, -0.2) is 47.7 Å². The van der Waals surface area contributed by atoms with Crippen molar-refractivity contribution in [3.63, 3.8) is 0 Å². The molecule has 136 valence electrons. The Bertz CT molecular complexity index is 714.